The Hall–Kier alpha value is -1.09. The summed E-state index contributed by atoms with van der Waals surface area (Å²) in [5.41, 5.74) is 5.53. The van der Waals surface area contributed by atoms with Crippen LogP contribution in [0.5, 0.6) is 0 Å². The number of rotatable bonds is 1. The Balaban J connectivity index is 2.77. The van der Waals surface area contributed by atoms with E-state index in [2.05, 4.69) is 0 Å². The molecule has 60 valence electrons. The van der Waals surface area contributed by atoms with Gasteiger partial charge < -0.3 is 10.6 Å². The molecule has 0 aromatic rings. The van der Waals surface area contributed by atoms with Crippen molar-refractivity contribution in [2.45, 2.75) is 13.0 Å². The van der Waals surface area contributed by atoms with E-state index in [0.717, 1.165) is 0 Å². The molecule has 3 nitrogen and oxygen atoms in total. The van der Waals surface area contributed by atoms with Crippen LogP contribution < -0.4 is 5.73 Å². The van der Waals surface area contributed by atoms with Crippen molar-refractivity contribution < 1.29 is 4.79 Å². The molecule has 1 rings (SSSR count). The summed E-state index contributed by atoms with van der Waals surface area (Å²) in [6.07, 6.45) is 7.03. The maximum absolute atomic E-state index is 11.3. The van der Waals surface area contributed by atoms with Gasteiger partial charge in [-0.05, 0) is 13.0 Å². The van der Waals surface area contributed by atoms with Crippen LogP contribution >= 0.6 is 0 Å². The molecule has 0 aliphatic carbocycles. The molecule has 0 saturated carbocycles. The fraction of sp³-hybridized carbons (Fsp3) is 0.375. The van der Waals surface area contributed by atoms with Crippen LogP contribution in [0.3, 0.4) is 0 Å². The van der Waals surface area contributed by atoms with E-state index in [4.69, 9.17) is 5.73 Å². The van der Waals surface area contributed by atoms with Crippen molar-refractivity contribution in [3.63, 3.8) is 0 Å². The molecule has 1 aliphatic rings. The summed E-state index contributed by atoms with van der Waals surface area (Å²) in [5.74, 6) is -0.0440. The molecule has 0 saturated heterocycles. The van der Waals surface area contributed by atoms with Gasteiger partial charge in [0.25, 0.3) is 0 Å². The molecule has 0 aromatic carbocycles. The summed E-state index contributed by atoms with van der Waals surface area (Å²) in [4.78, 5) is 12.9. The molecular weight excluding hydrogens is 140 g/mol. The van der Waals surface area contributed by atoms with E-state index in [1.165, 1.54) is 0 Å². The topological polar surface area (TPSA) is 46.3 Å². The number of hydrogen-bond donors (Lipinski definition) is 1. The zero-order valence-corrected chi connectivity index (χ0v) is 6.53. The van der Waals surface area contributed by atoms with Crippen molar-refractivity contribution in [1.82, 2.24) is 4.90 Å². The summed E-state index contributed by atoms with van der Waals surface area (Å²) in [6, 6.07) is -0.482. The number of likely N-dealkylation sites (N-methyl/N-ethyl adjacent to an activating group) is 1. The van der Waals surface area contributed by atoms with E-state index >= 15 is 0 Å². The zero-order valence-electron chi connectivity index (χ0n) is 6.53. The van der Waals surface area contributed by atoms with Crippen molar-refractivity contribution >= 4 is 5.91 Å². The Morgan fingerprint density at radius 3 is 3.00 bits per heavy atom. The third-order valence-corrected chi connectivity index (χ3v) is 1.60. The second-order valence-corrected chi connectivity index (χ2v) is 2.38. The standard InChI is InChI=1S/C8H12N2O/c1-2-10-6-4-3-5-7(9)8(10)11/h3-7H,2,9H2,1H3. The molecule has 1 heterocycles. The first kappa shape index (κ1) is 8.01. The van der Waals surface area contributed by atoms with Crippen LogP contribution in [0.2, 0.25) is 0 Å². The number of carbonyl (C=O) groups excluding carboxylic acids is 1. The molecule has 0 spiro atoms. The first-order chi connectivity index (χ1) is 5.25. The molecule has 0 bridgehead atoms. The Bertz CT molecular complexity index is 208. The minimum Gasteiger partial charge on any atom is -0.318 e. The summed E-state index contributed by atoms with van der Waals surface area (Å²) in [7, 11) is 0. The van der Waals surface area contributed by atoms with Crippen LogP contribution in [0.15, 0.2) is 24.4 Å². The highest BCUT2D eigenvalue weighted by atomic mass is 16.2. The van der Waals surface area contributed by atoms with Gasteiger partial charge in [-0.3, -0.25) is 4.79 Å². The van der Waals surface area contributed by atoms with E-state index in [9.17, 15) is 4.79 Å². The number of carbonyl (C=O) groups is 1. The Labute approximate surface area is 66.2 Å². The molecule has 2 N–H and O–H groups in total. The van der Waals surface area contributed by atoms with Gasteiger partial charge >= 0.3 is 0 Å². The molecule has 0 radical (unpaired) electrons. The van der Waals surface area contributed by atoms with Gasteiger partial charge in [0.1, 0.15) is 6.04 Å². The van der Waals surface area contributed by atoms with Crippen LogP contribution in [0, 0.1) is 0 Å². The average Bonchev–Trinajstić information content (AvgIpc) is 2.16. The van der Waals surface area contributed by atoms with E-state index in [-0.39, 0.29) is 5.91 Å². The molecule has 3 heteroatoms. The van der Waals surface area contributed by atoms with Crippen molar-refractivity contribution in [2.24, 2.45) is 5.73 Å². The lowest BCUT2D eigenvalue weighted by molar-refractivity contribution is -0.128. The summed E-state index contributed by atoms with van der Waals surface area (Å²) < 4.78 is 0. The van der Waals surface area contributed by atoms with Crippen LogP contribution in [0.1, 0.15) is 6.92 Å². The van der Waals surface area contributed by atoms with Gasteiger partial charge in [0, 0.05) is 12.7 Å². The number of amides is 1. The van der Waals surface area contributed by atoms with Gasteiger partial charge in [-0.15, -0.1) is 0 Å². The Morgan fingerprint density at radius 1 is 1.64 bits per heavy atom. The summed E-state index contributed by atoms with van der Waals surface area (Å²) in [5, 5.41) is 0. The van der Waals surface area contributed by atoms with Gasteiger partial charge in [-0.1, -0.05) is 12.2 Å². The molecule has 11 heavy (non-hydrogen) atoms. The van der Waals surface area contributed by atoms with Gasteiger partial charge in [0.15, 0.2) is 0 Å². The van der Waals surface area contributed by atoms with Crippen molar-refractivity contribution in [1.29, 1.82) is 0 Å². The van der Waals surface area contributed by atoms with E-state index in [0.29, 0.717) is 6.54 Å². The van der Waals surface area contributed by atoms with Gasteiger partial charge in [0.2, 0.25) is 5.91 Å². The van der Waals surface area contributed by atoms with Crippen molar-refractivity contribution in [2.75, 3.05) is 6.54 Å². The maximum atomic E-state index is 11.3. The number of nitrogens with two attached hydrogens (primary N) is 1. The fourth-order valence-electron chi connectivity index (χ4n) is 0.946. The summed E-state index contributed by atoms with van der Waals surface area (Å²) in [6.45, 7) is 2.59. The molecule has 1 aliphatic heterocycles. The second kappa shape index (κ2) is 3.34. The predicted octanol–water partition coefficient (Wildman–Crippen LogP) is 0.246. The Morgan fingerprint density at radius 2 is 2.36 bits per heavy atom. The number of allylic oxidation sites excluding steroid dienone is 2. The molecule has 1 amide bonds. The highest BCUT2D eigenvalue weighted by molar-refractivity contribution is 5.85. The van der Waals surface area contributed by atoms with Gasteiger partial charge in [0.05, 0.1) is 0 Å². The molecule has 0 aromatic heterocycles. The largest absolute Gasteiger partial charge is 0.318 e. The normalized spacial score (nSPS) is 24.0. The first-order valence-corrected chi connectivity index (χ1v) is 3.66. The van der Waals surface area contributed by atoms with Crippen LogP contribution in [-0.2, 0) is 4.79 Å². The highest BCUT2D eigenvalue weighted by Crippen LogP contribution is 2.00. The van der Waals surface area contributed by atoms with Crippen LogP contribution in [0.4, 0.5) is 0 Å². The second-order valence-electron chi connectivity index (χ2n) is 2.38. The SMILES string of the molecule is CCN1C=CC=CC(N)C1=O. The lowest BCUT2D eigenvalue weighted by Gasteiger charge is -2.16. The minimum absolute atomic E-state index is 0.0440. The first-order valence-electron chi connectivity index (χ1n) is 3.66. The van der Waals surface area contributed by atoms with E-state index in [1.807, 2.05) is 13.0 Å². The Kier molecular flexibility index (Phi) is 2.44. The highest BCUT2D eigenvalue weighted by Gasteiger charge is 2.16. The van der Waals surface area contributed by atoms with Crippen molar-refractivity contribution in [3.05, 3.63) is 24.4 Å². The number of nitrogens with zero attached hydrogens (tertiary/aromatic N) is 1. The van der Waals surface area contributed by atoms with Crippen LogP contribution in [-0.4, -0.2) is 23.4 Å². The van der Waals surface area contributed by atoms with Crippen LogP contribution in [0.25, 0.3) is 0 Å². The maximum Gasteiger partial charge on any atom is 0.247 e. The van der Waals surface area contributed by atoms with E-state index in [1.54, 1.807) is 23.3 Å². The van der Waals surface area contributed by atoms with Gasteiger partial charge in [-0.25, -0.2) is 0 Å². The van der Waals surface area contributed by atoms with E-state index < -0.39 is 6.04 Å². The third kappa shape index (κ3) is 1.68. The minimum atomic E-state index is -0.482. The van der Waals surface area contributed by atoms with Crippen molar-refractivity contribution in [3.8, 4) is 0 Å². The average molecular weight is 152 g/mol. The fourth-order valence-corrected chi connectivity index (χ4v) is 0.946. The lowest BCUT2D eigenvalue weighted by Crippen LogP contribution is -2.39. The van der Waals surface area contributed by atoms with Gasteiger partial charge in [-0.2, -0.15) is 0 Å². The molecule has 1 atom stereocenters. The zero-order chi connectivity index (χ0) is 8.27. The molecular formula is C8H12N2O. The smallest absolute Gasteiger partial charge is 0.247 e. The lowest BCUT2D eigenvalue weighted by atomic mass is 10.2. The number of hydrogen-bond acceptors (Lipinski definition) is 2. The molecule has 1 unspecified atom stereocenters. The molecule has 0 fully saturated rings. The quantitative estimate of drug-likeness (QED) is 0.585. The third-order valence-electron chi connectivity index (χ3n) is 1.60. The monoisotopic (exact) mass is 152 g/mol. The summed E-state index contributed by atoms with van der Waals surface area (Å²) >= 11 is 0. The predicted molar refractivity (Wildman–Crippen MR) is 43.6 cm³/mol.